The Hall–Kier alpha value is -2.02. The Morgan fingerprint density at radius 1 is 1.04 bits per heavy atom. The maximum absolute atomic E-state index is 13.5. The number of hydrogen-bond donors (Lipinski definition) is 3. The minimum absolute atomic E-state index is 0.116. The molecule has 4 nitrogen and oxygen atoms in total. The van der Waals surface area contributed by atoms with Crippen LogP contribution in [0, 0.1) is 23.5 Å². The van der Waals surface area contributed by atoms with Gasteiger partial charge in [0.05, 0.1) is 11.7 Å². The third-order valence-corrected chi connectivity index (χ3v) is 6.17. The zero-order valence-electron chi connectivity index (χ0n) is 15.6. The van der Waals surface area contributed by atoms with Crippen molar-refractivity contribution in [1.29, 1.82) is 0 Å². The highest BCUT2D eigenvalue weighted by Gasteiger charge is 2.48. The lowest BCUT2D eigenvalue weighted by Gasteiger charge is -2.27. The summed E-state index contributed by atoms with van der Waals surface area (Å²) in [5.41, 5.74) is 0.559. The Morgan fingerprint density at radius 2 is 1.61 bits per heavy atom. The molecule has 1 saturated carbocycles. The van der Waals surface area contributed by atoms with Gasteiger partial charge in [0, 0.05) is 26.1 Å². The average Bonchev–Trinajstić information content (AvgIpc) is 3.13. The third kappa shape index (κ3) is 3.90. The van der Waals surface area contributed by atoms with Gasteiger partial charge in [0.15, 0.2) is 17.4 Å². The van der Waals surface area contributed by atoms with Crippen molar-refractivity contribution in [2.24, 2.45) is 11.8 Å². The number of phenolic OH excluding ortho intramolecular Hbond substituents is 1. The predicted octanol–water partition coefficient (Wildman–Crippen LogP) is 3.02. The molecule has 0 aromatic heterocycles. The van der Waals surface area contributed by atoms with Crippen molar-refractivity contribution < 1.29 is 24.1 Å². The number of aliphatic hydroxyl groups excluding tert-OH is 1. The van der Waals surface area contributed by atoms with Gasteiger partial charge in [0.25, 0.3) is 0 Å². The standard InChI is InChI=1S/C22H25F2NO3/c23-18-6-15(7-19(24)21(18)27)20(26)13-25-11-16-9-22(28,10-17(16)12-25)8-14-4-2-1-3-5-14/h1-7,16-17,20,26-28H,8-13H2. The summed E-state index contributed by atoms with van der Waals surface area (Å²) in [7, 11) is 0. The number of nitrogens with zero attached hydrogens (tertiary/aromatic N) is 1. The molecule has 28 heavy (non-hydrogen) atoms. The number of likely N-dealkylation sites (tertiary alicyclic amines) is 1. The average molecular weight is 389 g/mol. The lowest BCUT2D eigenvalue weighted by Crippen LogP contribution is -2.33. The van der Waals surface area contributed by atoms with Gasteiger partial charge < -0.3 is 15.3 Å². The molecule has 1 aliphatic carbocycles. The fourth-order valence-electron chi connectivity index (χ4n) is 4.95. The van der Waals surface area contributed by atoms with E-state index in [1.165, 1.54) is 0 Å². The topological polar surface area (TPSA) is 63.9 Å². The van der Waals surface area contributed by atoms with E-state index in [-0.39, 0.29) is 12.1 Å². The minimum atomic E-state index is -1.07. The van der Waals surface area contributed by atoms with Crippen LogP contribution < -0.4 is 0 Å². The Kier molecular flexibility index (Phi) is 5.12. The van der Waals surface area contributed by atoms with Gasteiger partial charge in [0.2, 0.25) is 0 Å². The van der Waals surface area contributed by atoms with Crippen LogP contribution >= 0.6 is 0 Å². The monoisotopic (exact) mass is 389 g/mol. The van der Waals surface area contributed by atoms with Crippen molar-refractivity contribution >= 4 is 0 Å². The number of aromatic hydroxyl groups is 1. The molecule has 1 aliphatic heterocycles. The highest BCUT2D eigenvalue weighted by Crippen LogP contribution is 2.45. The SMILES string of the molecule is Oc1c(F)cc(C(O)CN2CC3CC(O)(Cc4ccccc4)CC3C2)cc1F. The smallest absolute Gasteiger partial charge is 0.187 e. The second-order valence-corrected chi connectivity index (χ2v) is 8.38. The number of benzene rings is 2. The van der Waals surface area contributed by atoms with Gasteiger partial charge in [0.1, 0.15) is 0 Å². The minimum Gasteiger partial charge on any atom is -0.503 e. The third-order valence-electron chi connectivity index (χ3n) is 6.17. The summed E-state index contributed by atoms with van der Waals surface area (Å²) in [6.07, 6.45) is 1.06. The molecule has 0 spiro atoms. The summed E-state index contributed by atoms with van der Waals surface area (Å²) < 4.78 is 27.0. The molecule has 4 rings (SSSR count). The molecule has 2 fully saturated rings. The van der Waals surface area contributed by atoms with Crippen molar-refractivity contribution in [2.75, 3.05) is 19.6 Å². The number of phenols is 1. The summed E-state index contributed by atoms with van der Waals surface area (Å²) in [5.74, 6) is -2.45. The van der Waals surface area contributed by atoms with Crippen LogP contribution in [-0.4, -0.2) is 45.5 Å². The van der Waals surface area contributed by atoms with Gasteiger partial charge in [-0.2, -0.15) is 0 Å². The van der Waals surface area contributed by atoms with Crippen LogP contribution in [-0.2, 0) is 6.42 Å². The molecular weight excluding hydrogens is 364 g/mol. The summed E-state index contributed by atoms with van der Waals surface area (Å²) in [6.45, 7) is 1.78. The van der Waals surface area contributed by atoms with Crippen LogP contribution in [0.25, 0.3) is 0 Å². The van der Waals surface area contributed by atoms with E-state index in [4.69, 9.17) is 0 Å². The normalized spacial score (nSPS) is 28.4. The molecular formula is C22H25F2NO3. The van der Waals surface area contributed by atoms with E-state index in [1.54, 1.807) is 0 Å². The van der Waals surface area contributed by atoms with E-state index in [1.807, 2.05) is 30.3 Å². The van der Waals surface area contributed by atoms with E-state index in [0.29, 0.717) is 18.3 Å². The molecule has 3 atom stereocenters. The Labute approximate surface area is 163 Å². The van der Waals surface area contributed by atoms with Gasteiger partial charge in [-0.3, -0.25) is 4.90 Å². The molecule has 2 aromatic carbocycles. The van der Waals surface area contributed by atoms with Crippen LogP contribution in [0.2, 0.25) is 0 Å². The summed E-state index contributed by atoms with van der Waals surface area (Å²) in [4.78, 5) is 2.09. The molecule has 3 N–H and O–H groups in total. The summed E-state index contributed by atoms with van der Waals surface area (Å²) in [5, 5.41) is 30.6. The Balaban J connectivity index is 1.35. The van der Waals surface area contributed by atoms with Crippen LogP contribution in [0.3, 0.4) is 0 Å². The van der Waals surface area contributed by atoms with Crippen LogP contribution in [0.15, 0.2) is 42.5 Å². The molecule has 6 heteroatoms. The van der Waals surface area contributed by atoms with Crippen molar-refractivity contribution in [3.8, 4) is 5.75 Å². The number of fused-ring (bicyclic) bond motifs is 1. The second-order valence-electron chi connectivity index (χ2n) is 8.38. The number of rotatable bonds is 5. The molecule has 3 unspecified atom stereocenters. The first-order valence-electron chi connectivity index (χ1n) is 9.67. The van der Waals surface area contributed by atoms with Crippen LogP contribution in [0.5, 0.6) is 5.75 Å². The maximum Gasteiger partial charge on any atom is 0.187 e. The quantitative estimate of drug-likeness (QED) is 0.736. The van der Waals surface area contributed by atoms with Gasteiger partial charge in [-0.15, -0.1) is 0 Å². The lowest BCUT2D eigenvalue weighted by molar-refractivity contribution is 0.0328. The summed E-state index contributed by atoms with van der Waals surface area (Å²) in [6, 6.07) is 11.9. The van der Waals surface area contributed by atoms with Crippen LogP contribution in [0.1, 0.15) is 30.1 Å². The van der Waals surface area contributed by atoms with E-state index < -0.39 is 29.1 Å². The first-order chi connectivity index (χ1) is 13.3. The zero-order valence-corrected chi connectivity index (χ0v) is 15.6. The fraction of sp³-hybridized carbons (Fsp3) is 0.455. The van der Waals surface area contributed by atoms with E-state index >= 15 is 0 Å². The zero-order chi connectivity index (χ0) is 19.9. The first-order valence-corrected chi connectivity index (χ1v) is 9.67. The van der Waals surface area contributed by atoms with E-state index in [0.717, 1.165) is 43.6 Å². The Bertz CT molecular complexity index is 808. The largest absolute Gasteiger partial charge is 0.503 e. The molecule has 2 aromatic rings. The number of hydrogen-bond acceptors (Lipinski definition) is 4. The lowest BCUT2D eigenvalue weighted by atomic mass is 9.91. The number of β-amino-alcohol motifs (C(OH)–C–C–N with tert-alkyl or cyclic N) is 1. The number of aliphatic hydroxyl groups is 2. The predicted molar refractivity (Wildman–Crippen MR) is 101 cm³/mol. The van der Waals surface area contributed by atoms with Crippen molar-refractivity contribution in [3.63, 3.8) is 0 Å². The second kappa shape index (κ2) is 7.43. The maximum atomic E-state index is 13.5. The van der Waals surface area contributed by atoms with Crippen molar-refractivity contribution in [2.45, 2.75) is 31.0 Å². The van der Waals surface area contributed by atoms with E-state index in [2.05, 4.69) is 4.90 Å². The molecule has 150 valence electrons. The Morgan fingerprint density at radius 3 is 2.18 bits per heavy atom. The fourth-order valence-corrected chi connectivity index (χ4v) is 4.95. The van der Waals surface area contributed by atoms with Gasteiger partial charge in [-0.1, -0.05) is 30.3 Å². The molecule has 1 saturated heterocycles. The molecule has 2 aliphatic rings. The highest BCUT2D eigenvalue weighted by molar-refractivity contribution is 5.31. The van der Waals surface area contributed by atoms with E-state index in [9.17, 15) is 24.1 Å². The molecule has 0 bridgehead atoms. The molecule has 0 radical (unpaired) electrons. The number of halogens is 2. The van der Waals surface area contributed by atoms with Gasteiger partial charge in [-0.05, 0) is 47.9 Å². The highest BCUT2D eigenvalue weighted by atomic mass is 19.1. The van der Waals surface area contributed by atoms with Crippen LogP contribution in [0.4, 0.5) is 8.78 Å². The molecule has 0 amide bonds. The van der Waals surface area contributed by atoms with Gasteiger partial charge >= 0.3 is 0 Å². The van der Waals surface area contributed by atoms with Gasteiger partial charge in [-0.25, -0.2) is 8.78 Å². The van der Waals surface area contributed by atoms with Crippen molar-refractivity contribution in [3.05, 3.63) is 65.2 Å². The first kappa shape index (κ1) is 19.3. The molecule has 1 heterocycles. The van der Waals surface area contributed by atoms with Crippen molar-refractivity contribution in [1.82, 2.24) is 4.90 Å². The summed E-state index contributed by atoms with van der Waals surface area (Å²) >= 11 is 0.